The van der Waals surface area contributed by atoms with Gasteiger partial charge in [-0.3, -0.25) is 4.98 Å². The Morgan fingerprint density at radius 3 is 2.12 bits per heavy atom. The Morgan fingerprint density at radius 2 is 1.45 bits per heavy atom. The molecule has 2 saturated heterocycles. The zero-order valence-corrected chi connectivity index (χ0v) is 19.1. The largest absolute Gasteiger partial charge is 0.383 e. The molecule has 0 amide bonds. The molecule has 33 heavy (non-hydrogen) atoms. The summed E-state index contributed by atoms with van der Waals surface area (Å²) in [5.41, 5.74) is 1.88. The molecule has 0 bridgehead atoms. The van der Waals surface area contributed by atoms with Crippen LogP contribution in [0.25, 0.3) is 10.9 Å². The van der Waals surface area contributed by atoms with E-state index in [1.54, 1.807) is 6.20 Å². The summed E-state index contributed by atoms with van der Waals surface area (Å²) in [6.45, 7) is 7.12. The van der Waals surface area contributed by atoms with Crippen LogP contribution in [-0.4, -0.2) is 85.6 Å². The lowest BCUT2D eigenvalue weighted by Crippen LogP contribution is -2.40. The van der Waals surface area contributed by atoms with Crippen molar-refractivity contribution in [3.8, 4) is 0 Å². The van der Waals surface area contributed by atoms with Crippen molar-refractivity contribution < 1.29 is 9.47 Å². The minimum atomic E-state index is 0.571. The first-order valence-electron chi connectivity index (χ1n) is 11.2. The third kappa shape index (κ3) is 5.35. The van der Waals surface area contributed by atoms with Gasteiger partial charge in [0.05, 0.1) is 31.9 Å². The molecule has 5 rings (SSSR count). The number of benzene rings is 1. The summed E-state index contributed by atoms with van der Waals surface area (Å²) in [5.74, 6) is 1.94. The molecule has 11 heteroatoms. The van der Waals surface area contributed by atoms with Crippen molar-refractivity contribution >= 4 is 46.0 Å². The van der Waals surface area contributed by atoms with Crippen molar-refractivity contribution in [2.24, 2.45) is 0 Å². The molecule has 3 aromatic rings. The number of rotatable bonds is 7. The van der Waals surface area contributed by atoms with Gasteiger partial charge in [-0.05, 0) is 24.3 Å². The highest BCUT2D eigenvalue weighted by Crippen LogP contribution is 2.24. The van der Waals surface area contributed by atoms with E-state index in [4.69, 9.17) is 26.1 Å². The van der Waals surface area contributed by atoms with E-state index in [9.17, 15) is 0 Å². The Hall–Kier alpha value is -2.95. The number of nitrogens with zero attached hydrogens (tertiary/aromatic N) is 6. The number of nitrogens with one attached hydrogen (secondary N) is 2. The quantitative estimate of drug-likeness (QED) is 0.500. The van der Waals surface area contributed by atoms with Crippen molar-refractivity contribution in [3.05, 3.63) is 35.5 Å². The Kier molecular flexibility index (Phi) is 6.84. The predicted molar refractivity (Wildman–Crippen MR) is 130 cm³/mol. The maximum atomic E-state index is 6.09. The van der Waals surface area contributed by atoms with E-state index in [2.05, 4.69) is 35.4 Å². The van der Waals surface area contributed by atoms with Gasteiger partial charge in [0.15, 0.2) is 0 Å². The van der Waals surface area contributed by atoms with E-state index in [0.717, 1.165) is 42.8 Å². The van der Waals surface area contributed by atoms with Crippen molar-refractivity contribution in [2.75, 3.05) is 86.1 Å². The van der Waals surface area contributed by atoms with Crippen LogP contribution >= 0.6 is 11.6 Å². The second-order valence-corrected chi connectivity index (χ2v) is 8.27. The molecule has 0 aliphatic carbocycles. The van der Waals surface area contributed by atoms with Crippen molar-refractivity contribution in [2.45, 2.75) is 0 Å². The fraction of sp³-hybridized carbons (Fsp3) is 0.455. The van der Waals surface area contributed by atoms with Gasteiger partial charge in [0.1, 0.15) is 0 Å². The first kappa shape index (κ1) is 21.9. The number of aromatic nitrogens is 4. The van der Waals surface area contributed by atoms with Crippen molar-refractivity contribution in [1.29, 1.82) is 0 Å². The summed E-state index contributed by atoms with van der Waals surface area (Å²) in [4.78, 5) is 22.8. The lowest BCUT2D eigenvalue weighted by Gasteiger charge is -2.30. The van der Waals surface area contributed by atoms with Gasteiger partial charge in [0, 0.05) is 61.6 Å². The summed E-state index contributed by atoms with van der Waals surface area (Å²) < 4.78 is 11.0. The van der Waals surface area contributed by atoms with Crippen molar-refractivity contribution in [3.63, 3.8) is 0 Å². The Bertz CT molecular complexity index is 1050. The van der Waals surface area contributed by atoms with E-state index in [0.29, 0.717) is 62.4 Å². The van der Waals surface area contributed by atoms with Gasteiger partial charge < -0.3 is 29.9 Å². The van der Waals surface area contributed by atoms with Crippen LogP contribution in [0.15, 0.2) is 30.5 Å². The third-order valence-corrected chi connectivity index (χ3v) is 5.86. The fourth-order valence-electron chi connectivity index (χ4n) is 3.89. The SMILES string of the molecule is Clc1ccc2c(NCCNc3nc(N4CCOCC4)nc(N4CCOCC4)n3)ccnc2c1. The summed E-state index contributed by atoms with van der Waals surface area (Å²) in [7, 11) is 0. The van der Waals surface area contributed by atoms with Crippen LogP contribution in [0.4, 0.5) is 23.5 Å². The molecule has 0 atom stereocenters. The number of hydrogen-bond donors (Lipinski definition) is 2. The number of hydrogen-bond acceptors (Lipinski definition) is 10. The molecule has 0 saturated carbocycles. The molecular formula is C22H27ClN8O2. The average molecular weight is 471 g/mol. The zero-order chi connectivity index (χ0) is 22.5. The molecular weight excluding hydrogens is 444 g/mol. The number of halogens is 1. The molecule has 2 aromatic heterocycles. The predicted octanol–water partition coefficient (Wildman–Crippen LogP) is 2.27. The number of fused-ring (bicyclic) bond motifs is 1. The molecule has 2 aliphatic rings. The monoisotopic (exact) mass is 470 g/mol. The maximum Gasteiger partial charge on any atom is 0.232 e. The third-order valence-electron chi connectivity index (χ3n) is 5.63. The van der Waals surface area contributed by atoms with Crippen LogP contribution in [0.3, 0.4) is 0 Å². The highest BCUT2D eigenvalue weighted by atomic mass is 35.5. The van der Waals surface area contributed by atoms with Crippen LogP contribution in [0, 0.1) is 0 Å². The fourth-order valence-corrected chi connectivity index (χ4v) is 4.06. The molecule has 2 aliphatic heterocycles. The standard InChI is InChI=1S/C22H27ClN8O2/c23-16-1-2-17-18(3-4-24-19(17)15-16)25-5-6-26-20-27-21(30-7-11-32-12-8-30)29-22(28-20)31-9-13-33-14-10-31/h1-4,15H,5-14H2,(H,24,25)(H,26,27,28,29). The van der Waals surface area contributed by atoms with E-state index in [-0.39, 0.29) is 0 Å². The molecule has 4 heterocycles. The van der Waals surface area contributed by atoms with Crippen LogP contribution in [-0.2, 0) is 9.47 Å². The van der Waals surface area contributed by atoms with Gasteiger partial charge in [-0.25, -0.2) is 0 Å². The van der Waals surface area contributed by atoms with Crippen molar-refractivity contribution in [1.82, 2.24) is 19.9 Å². The first-order valence-corrected chi connectivity index (χ1v) is 11.6. The lowest BCUT2D eigenvalue weighted by molar-refractivity contribution is 0.121. The molecule has 2 fully saturated rings. The summed E-state index contributed by atoms with van der Waals surface area (Å²) in [5, 5.41) is 8.53. The van der Waals surface area contributed by atoms with Gasteiger partial charge in [0.25, 0.3) is 0 Å². The van der Waals surface area contributed by atoms with E-state index in [1.807, 2.05) is 24.3 Å². The van der Waals surface area contributed by atoms with Gasteiger partial charge in [0.2, 0.25) is 17.8 Å². The van der Waals surface area contributed by atoms with E-state index >= 15 is 0 Å². The lowest BCUT2D eigenvalue weighted by atomic mass is 10.2. The molecule has 0 unspecified atom stereocenters. The van der Waals surface area contributed by atoms with Crippen LogP contribution in [0.5, 0.6) is 0 Å². The van der Waals surface area contributed by atoms with Gasteiger partial charge in [-0.2, -0.15) is 15.0 Å². The van der Waals surface area contributed by atoms with E-state index in [1.165, 1.54) is 0 Å². The highest BCUT2D eigenvalue weighted by Gasteiger charge is 2.20. The van der Waals surface area contributed by atoms with E-state index < -0.39 is 0 Å². The molecule has 10 nitrogen and oxygen atoms in total. The van der Waals surface area contributed by atoms with Gasteiger partial charge in [-0.1, -0.05) is 11.6 Å². The number of morpholine rings is 2. The minimum Gasteiger partial charge on any atom is -0.383 e. The molecule has 174 valence electrons. The Morgan fingerprint density at radius 1 is 0.818 bits per heavy atom. The molecule has 2 N–H and O–H groups in total. The molecule has 0 radical (unpaired) electrons. The average Bonchev–Trinajstić information content (AvgIpc) is 2.87. The number of ether oxygens (including phenoxy) is 2. The summed E-state index contributed by atoms with van der Waals surface area (Å²) in [6, 6.07) is 7.69. The molecule has 1 aromatic carbocycles. The van der Waals surface area contributed by atoms with Crippen LogP contribution in [0.1, 0.15) is 0 Å². The second kappa shape index (κ2) is 10.3. The minimum absolute atomic E-state index is 0.571. The van der Waals surface area contributed by atoms with Crippen LogP contribution in [0.2, 0.25) is 5.02 Å². The molecule has 0 spiro atoms. The normalized spacial score (nSPS) is 16.8. The summed E-state index contributed by atoms with van der Waals surface area (Å²) >= 11 is 6.09. The topological polar surface area (TPSA) is 101 Å². The first-order chi connectivity index (χ1) is 16.3. The Balaban J connectivity index is 1.27. The number of pyridine rings is 1. The summed E-state index contributed by atoms with van der Waals surface area (Å²) in [6.07, 6.45) is 1.78. The second-order valence-electron chi connectivity index (χ2n) is 7.83. The Labute approximate surface area is 197 Å². The smallest absolute Gasteiger partial charge is 0.232 e. The zero-order valence-electron chi connectivity index (χ0n) is 18.3. The van der Waals surface area contributed by atoms with Gasteiger partial charge >= 0.3 is 0 Å². The number of anilines is 4. The van der Waals surface area contributed by atoms with Gasteiger partial charge in [-0.15, -0.1) is 0 Å². The highest BCUT2D eigenvalue weighted by molar-refractivity contribution is 6.31. The maximum absolute atomic E-state index is 6.09. The van der Waals surface area contributed by atoms with Crippen LogP contribution < -0.4 is 20.4 Å².